The highest BCUT2D eigenvalue weighted by Crippen LogP contribution is 2.26. The predicted octanol–water partition coefficient (Wildman–Crippen LogP) is 1.66. The Labute approximate surface area is 139 Å². The highest BCUT2D eigenvalue weighted by molar-refractivity contribution is 6.39. The largest absolute Gasteiger partial charge is 0.338 e. The molecule has 5 nitrogen and oxygen atoms in total. The van der Waals surface area contributed by atoms with Crippen LogP contribution in [0.2, 0.25) is 10.0 Å². The lowest BCUT2D eigenvalue weighted by atomic mass is 10.1. The van der Waals surface area contributed by atoms with Gasteiger partial charge in [0.2, 0.25) is 5.91 Å². The molecule has 1 fully saturated rings. The normalized spacial score (nSPS) is 14.6. The van der Waals surface area contributed by atoms with Crippen molar-refractivity contribution in [2.45, 2.75) is 0 Å². The molecular weight excluding hydrogens is 337 g/mol. The van der Waals surface area contributed by atoms with Crippen molar-refractivity contribution in [2.24, 2.45) is 5.73 Å². The van der Waals surface area contributed by atoms with Gasteiger partial charge in [0.25, 0.3) is 5.91 Å². The molecule has 2 N–H and O–H groups in total. The third-order valence-electron chi connectivity index (χ3n) is 3.27. The van der Waals surface area contributed by atoms with Gasteiger partial charge in [-0.15, -0.1) is 12.4 Å². The van der Waals surface area contributed by atoms with E-state index < -0.39 is 0 Å². The Morgan fingerprint density at radius 2 is 1.52 bits per heavy atom. The lowest BCUT2D eigenvalue weighted by Crippen LogP contribution is -2.52. The molecule has 2 rings (SSSR count). The van der Waals surface area contributed by atoms with E-state index in [0.29, 0.717) is 41.8 Å². The maximum Gasteiger partial charge on any atom is 0.257 e. The number of amides is 2. The maximum absolute atomic E-state index is 12.4. The van der Waals surface area contributed by atoms with Gasteiger partial charge >= 0.3 is 0 Å². The van der Waals surface area contributed by atoms with Gasteiger partial charge in [-0.05, 0) is 12.1 Å². The SMILES string of the molecule is Cl.NCC(=O)N1CCN(C(=O)c2c(Cl)cccc2Cl)CC1. The number of rotatable bonds is 2. The van der Waals surface area contributed by atoms with E-state index in [4.69, 9.17) is 28.9 Å². The van der Waals surface area contributed by atoms with Gasteiger partial charge in [-0.1, -0.05) is 29.3 Å². The number of nitrogens with two attached hydrogens (primary N) is 1. The van der Waals surface area contributed by atoms with E-state index in [1.54, 1.807) is 28.0 Å². The lowest BCUT2D eigenvalue weighted by molar-refractivity contribution is -0.131. The van der Waals surface area contributed by atoms with Gasteiger partial charge in [0, 0.05) is 26.2 Å². The highest BCUT2D eigenvalue weighted by Gasteiger charge is 2.26. The minimum absolute atomic E-state index is 0. The monoisotopic (exact) mass is 351 g/mol. The molecule has 1 saturated heterocycles. The molecule has 0 spiro atoms. The van der Waals surface area contributed by atoms with Crippen molar-refractivity contribution in [3.05, 3.63) is 33.8 Å². The summed E-state index contributed by atoms with van der Waals surface area (Å²) in [6.45, 7) is 1.84. The first-order valence-electron chi connectivity index (χ1n) is 6.25. The van der Waals surface area contributed by atoms with E-state index in [1.807, 2.05) is 0 Å². The van der Waals surface area contributed by atoms with Crippen LogP contribution in [0, 0.1) is 0 Å². The second-order valence-corrected chi connectivity index (χ2v) is 5.29. The highest BCUT2D eigenvalue weighted by atomic mass is 35.5. The minimum atomic E-state index is -0.208. The van der Waals surface area contributed by atoms with E-state index in [9.17, 15) is 9.59 Å². The summed E-state index contributed by atoms with van der Waals surface area (Å²) in [4.78, 5) is 27.2. The smallest absolute Gasteiger partial charge is 0.257 e. The number of nitrogens with zero attached hydrogens (tertiary/aromatic N) is 2. The zero-order valence-corrected chi connectivity index (χ0v) is 13.5. The molecule has 0 aliphatic carbocycles. The summed E-state index contributed by atoms with van der Waals surface area (Å²) in [5.74, 6) is -0.312. The second-order valence-electron chi connectivity index (χ2n) is 4.47. The molecule has 0 bridgehead atoms. The summed E-state index contributed by atoms with van der Waals surface area (Å²) in [5, 5.41) is 0.672. The van der Waals surface area contributed by atoms with Crippen molar-refractivity contribution in [3.8, 4) is 0 Å². The molecule has 1 aliphatic rings. The molecule has 0 radical (unpaired) electrons. The van der Waals surface area contributed by atoms with Crippen LogP contribution in [0.1, 0.15) is 10.4 Å². The van der Waals surface area contributed by atoms with Gasteiger partial charge < -0.3 is 15.5 Å². The number of carbonyl (C=O) groups excluding carboxylic acids is 2. The van der Waals surface area contributed by atoms with Crippen LogP contribution in [0.25, 0.3) is 0 Å². The molecule has 8 heteroatoms. The number of carbonyl (C=O) groups is 2. The molecule has 0 atom stereocenters. The molecule has 0 saturated carbocycles. The van der Waals surface area contributed by atoms with Crippen LogP contribution in [0.4, 0.5) is 0 Å². The lowest BCUT2D eigenvalue weighted by Gasteiger charge is -2.34. The van der Waals surface area contributed by atoms with Gasteiger partial charge in [0.1, 0.15) is 0 Å². The molecule has 1 aromatic carbocycles. The standard InChI is InChI=1S/C13H15Cl2N3O2.ClH/c14-9-2-1-3-10(15)12(9)13(20)18-6-4-17(5-7-18)11(19)8-16;/h1-3H,4-8,16H2;1H. The summed E-state index contributed by atoms with van der Waals surface area (Å²) in [7, 11) is 0. The van der Waals surface area contributed by atoms with Crippen molar-refractivity contribution >= 4 is 47.4 Å². The van der Waals surface area contributed by atoms with E-state index >= 15 is 0 Å². The molecule has 21 heavy (non-hydrogen) atoms. The fourth-order valence-corrected chi connectivity index (χ4v) is 2.71. The maximum atomic E-state index is 12.4. The molecule has 0 aromatic heterocycles. The Morgan fingerprint density at radius 3 is 2.00 bits per heavy atom. The van der Waals surface area contributed by atoms with E-state index in [1.165, 1.54) is 0 Å². The summed E-state index contributed by atoms with van der Waals surface area (Å²) in [6, 6.07) is 4.96. The molecule has 1 heterocycles. The summed E-state index contributed by atoms with van der Waals surface area (Å²) < 4.78 is 0. The molecule has 1 aromatic rings. The fourth-order valence-electron chi connectivity index (χ4n) is 2.15. The van der Waals surface area contributed by atoms with Crippen LogP contribution in [0.15, 0.2) is 18.2 Å². The fraction of sp³-hybridized carbons (Fsp3) is 0.385. The molecule has 1 aliphatic heterocycles. The number of piperazine rings is 1. The Morgan fingerprint density at radius 1 is 1.05 bits per heavy atom. The third kappa shape index (κ3) is 4.01. The van der Waals surface area contributed by atoms with Gasteiger partial charge in [-0.25, -0.2) is 0 Å². The first-order valence-corrected chi connectivity index (χ1v) is 7.01. The topological polar surface area (TPSA) is 66.6 Å². The van der Waals surface area contributed by atoms with Crippen LogP contribution >= 0.6 is 35.6 Å². The number of halogens is 3. The Kier molecular flexibility index (Phi) is 6.74. The first-order chi connectivity index (χ1) is 9.54. The summed E-state index contributed by atoms with van der Waals surface area (Å²) in [5.41, 5.74) is 5.64. The zero-order valence-electron chi connectivity index (χ0n) is 11.2. The number of hydrogen-bond acceptors (Lipinski definition) is 3. The van der Waals surface area contributed by atoms with Gasteiger partial charge in [0.05, 0.1) is 22.2 Å². The molecule has 2 amide bonds. The van der Waals surface area contributed by atoms with Crippen molar-refractivity contribution < 1.29 is 9.59 Å². The van der Waals surface area contributed by atoms with E-state index in [0.717, 1.165) is 0 Å². The Hall–Kier alpha value is -1.01. The van der Waals surface area contributed by atoms with Crippen LogP contribution < -0.4 is 5.73 Å². The van der Waals surface area contributed by atoms with Gasteiger partial charge in [-0.2, -0.15) is 0 Å². The Balaban J connectivity index is 0.00000220. The van der Waals surface area contributed by atoms with Crippen molar-refractivity contribution in [1.82, 2.24) is 9.80 Å². The van der Waals surface area contributed by atoms with Crippen LogP contribution in [-0.4, -0.2) is 54.3 Å². The molecule has 0 unspecified atom stereocenters. The van der Waals surface area contributed by atoms with Crippen molar-refractivity contribution in [1.29, 1.82) is 0 Å². The summed E-state index contributed by atoms with van der Waals surface area (Å²) in [6.07, 6.45) is 0. The number of benzene rings is 1. The van der Waals surface area contributed by atoms with Crippen molar-refractivity contribution in [2.75, 3.05) is 32.7 Å². The average molecular weight is 353 g/mol. The quantitative estimate of drug-likeness (QED) is 0.880. The van der Waals surface area contributed by atoms with E-state index in [2.05, 4.69) is 0 Å². The summed E-state index contributed by atoms with van der Waals surface area (Å²) >= 11 is 12.1. The van der Waals surface area contributed by atoms with Crippen molar-refractivity contribution in [3.63, 3.8) is 0 Å². The molecular formula is C13H16Cl3N3O2. The van der Waals surface area contributed by atoms with Crippen LogP contribution in [0.5, 0.6) is 0 Å². The van der Waals surface area contributed by atoms with Crippen LogP contribution in [-0.2, 0) is 4.79 Å². The Bertz CT molecular complexity index is 511. The first kappa shape index (κ1) is 18.0. The van der Waals surface area contributed by atoms with E-state index in [-0.39, 0.29) is 30.8 Å². The average Bonchev–Trinajstić information content (AvgIpc) is 2.46. The zero-order chi connectivity index (χ0) is 14.7. The van der Waals surface area contributed by atoms with Crippen LogP contribution in [0.3, 0.4) is 0 Å². The second kappa shape index (κ2) is 7.84. The minimum Gasteiger partial charge on any atom is -0.338 e. The number of hydrogen-bond donors (Lipinski definition) is 1. The van der Waals surface area contributed by atoms with Gasteiger partial charge in [-0.3, -0.25) is 9.59 Å². The molecule has 116 valence electrons. The predicted molar refractivity (Wildman–Crippen MR) is 85.2 cm³/mol. The third-order valence-corrected chi connectivity index (χ3v) is 3.90. The van der Waals surface area contributed by atoms with Gasteiger partial charge in [0.15, 0.2) is 0 Å².